The van der Waals surface area contributed by atoms with E-state index in [4.69, 9.17) is 11.6 Å². The molecule has 3 rings (SSSR count). The van der Waals surface area contributed by atoms with Crippen molar-refractivity contribution < 1.29 is 10.1 Å². The van der Waals surface area contributed by atoms with E-state index in [0.29, 0.717) is 22.0 Å². The molecule has 0 amide bonds. The van der Waals surface area contributed by atoms with E-state index in [1.807, 2.05) is 0 Å². The van der Waals surface area contributed by atoms with Crippen LogP contribution in [0.2, 0.25) is 5.02 Å². The van der Waals surface area contributed by atoms with E-state index in [-0.39, 0.29) is 0 Å². The Morgan fingerprint density at radius 1 is 1.35 bits per heavy atom. The summed E-state index contributed by atoms with van der Waals surface area (Å²) in [6.45, 7) is 0. The fourth-order valence-electron chi connectivity index (χ4n) is 1.51. The van der Waals surface area contributed by atoms with E-state index in [2.05, 4.69) is 15.1 Å². The highest BCUT2D eigenvalue weighted by molar-refractivity contribution is 6.31. The van der Waals surface area contributed by atoms with Crippen molar-refractivity contribution in [1.29, 1.82) is 0 Å². The normalized spacial score (nSPS) is 10.9. The van der Waals surface area contributed by atoms with Crippen LogP contribution in [0, 0.1) is 0 Å². The molecule has 0 aliphatic carbocycles. The largest absolute Gasteiger partial charge is 0.316 e. The summed E-state index contributed by atoms with van der Waals surface area (Å²) >= 11 is 5.83. The van der Waals surface area contributed by atoms with E-state index in [1.54, 1.807) is 41.5 Å². The van der Waals surface area contributed by atoms with Gasteiger partial charge in [0.2, 0.25) is 0 Å². The van der Waals surface area contributed by atoms with Crippen molar-refractivity contribution in [2.45, 2.75) is 0 Å². The molecule has 3 aromatic rings. The van der Waals surface area contributed by atoms with Crippen LogP contribution in [-0.4, -0.2) is 24.8 Å². The number of imidazole rings is 1. The summed E-state index contributed by atoms with van der Waals surface area (Å²) in [5, 5.41) is 14.2. The monoisotopic (exact) mass is 248 g/mol. The number of rotatable bonds is 1. The van der Waals surface area contributed by atoms with Gasteiger partial charge in [0.1, 0.15) is 16.7 Å². The Morgan fingerprint density at radius 2 is 2.24 bits per heavy atom. The van der Waals surface area contributed by atoms with Gasteiger partial charge in [0.15, 0.2) is 0 Å². The molecule has 1 aromatic carbocycles. The quantitative estimate of drug-likeness (QED) is 0.515. The number of benzene rings is 1. The topological polar surface area (TPSA) is 67.7 Å². The zero-order valence-electron chi connectivity index (χ0n) is 8.53. The summed E-state index contributed by atoms with van der Waals surface area (Å²) in [5.74, 6) is 0.333. The van der Waals surface area contributed by atoms with E-state index in [1.165, 1.54) is 0 Å². The van der Waals surface area contributed by atoms with Crippen molar-refractivity contribution in [3.8, 4) is 5.95 Å². The lowest BCUT2D eigenvalue weighted by molar-refractivity contribution is -0.929. The maximum atomic E-state index is 9.75. The summed E-state index contributed by atoms with van der Waals surface area (Å²) in [7, 11) is 0. The van der Waals surface area contributed by atoms with Gasteiger partial charge < -0.3 is 0 Å². The zero-order chi connectivity index (χ0) is 11.8. The first-order valence-corrected chi connectivity index (χ1v) is 5.19. The molecule has 0 saturated carbocycles. The predicted octanol–water partition coefficient (Wildman–Crippen LogP) is 0.994. The molecule has 0 radical (unpaired) electrons. The Bertz CT molecular complexity index is 682. The van der Waals surface area contributed by atoms with E-state index < -0.39 is 0 Å². The van der Waals surface area contributed by atoms with Crippen LogP contribution in [0.4, 0.5) is 0 Å². The van der Waals surface area contributed by atoms with Gasteiger partial charge in [-0.05, 0) is 12.1 Å². The van der Waals surface area contributed by atoms with Gasteiger partial charge in [-0.1, -0.05) is 11.6 Å². The molecule has 0 bridgehead atoms. The van der Waals surface area contributed by atoms with E-state index >= 15 is 0 Å². The number of hydrogen-bond acceptors (Lipinski definition) is 4. The van der Waals surface area contributed by atoms with Gasteiger partial charge in [0, 0.05) is 23.5 Å². The van der Waals surface area contributed by atoms with Crippen LogP contribution in [-0.2, 0) is 0 Å². The lowest BCUT2D eigenvalue weighted by Crippen LogP contribution is -2.37. The average Bonchev–Trinajstić information content (AvgIpc) is 2.83. The second-order valence-corrected chi connectivity index (χ2v) is 3.84. The SMILES string of the molecule is O[n+]1nc(-n2ccnc2)nc2ccc(Cl)cc21. The molecule has 0 atom stereocenters. The Kier molecular flexibility index (Phi) is 2.15. The fourth-order valence-corrected chi connectivity index (χ4v) is 1.67. The van der Waals surface area contributed by atoms with Gasteiger partial charge in [-0.15, -0.1) is 0 Å². The molecular formula is C10H7ClN5O+. The summed E-state index contributed by atoms with van der Waals surface area (Å²) in [6.07, 6.45) is 4.85. The van der Waals surface area contributed by atoms with Crippen molar-refractivity contribution >= 4 is 22.6 Å². The second kappa shape index (κ2) is 3.67. The maximum Gasteiger partial charge on any atom is 0.316 e. The minimum absolute atomic E-state index is 0.333. The van der Waals surface area contributed by atoms with E-state index in [0.717, 1.165) is 4.85 Å². The molecule has 7 heteroatoms. The minimum Gasteiger partial charge on any atom is -0.269 e. The van der Waals surface area contributed by atoms with Crippen molar-refractivity contribution in [3.63, 3.8) is 0 Å². The van der Waals surface area contributed by atoms with Gasteiger partial charge in [-0.3, -0.25) is 9.77 Å². The van der Waals surface area contributed by atoms with Crippen molar-refractivity contribution in [2.75, 3.05) is 0 Å². The van der Waals surface area contributed by atoms with Gasteiger partial charge >= 0.3 is 11.5 Å². The Morgan fingerprint density at radius 3 is 3.00 bits per heavy atom. The number of nitrogens with zero attached hydrogens (tertiary/aromatic N) is 5. The summed E-state index contributed by atoms with van der Waals surface area (Å²) in [5.41, 5.74) is 1.04. The number of hydrogen-bond donors (Lipinski definition) is 1. The highest BCUT2D eigenvalue weighted by atomic mass is 35.5. The third-order valence-corrected chi connectivity index (χ3v) is 2.53. The zero-order valence-corrected chi connectivity index (χ0v) is 9.28. The number of fused-ring (bicyclic) bond motifs is 1. The Hall–Kier alpha value is -2.21. The highest BCUT2D eigenvalue weighted by Gasteiger charge is 2.16. The molecule has 0 spiro atoms. The minimum atomic E-state index is 0.333. The molecule has 84 valence electrons. The molecular weight excluding hydrogens is 242 g/mol. The maximum absolute atomic E-state index is 9.75. The molecule has 17 heavy (non-hydrogen) atoms. The van der Waals surface area contributed by atoms with Crippen LogP contribution >= 0.6 is 11.6 Å². The third kappa shape index (κ3) is 1.68. The molecule has 1 N–H and O–H groups in total. The summed E-state index contributed by atoms with van der Waals surface area (Å²) in [6, 6.07) is 5.01. The van der Waals surface area contributed by atoms with Crippen molar-refractivity contribution in [1.82, 2.24) is 19.6 Å². The highest BCUT2D eigenvalue weighted by Crippen LogP contribution is 2.14. The predicted molar refractivity (Wildman–Crippen MR) is 59.0 cm³/mol. The van der Waals surface area contributed by atoms with Crippen LogP contribution in [0.25, 0.3) is 17.0 Å². The lowest BCUT2D eigenvalue weighted by atomic mass is 10.3. The molecule has 0 saturated heterocycles. The van der Waals surface area contributed by atoms with Crippen LogP contribution in [0.15, 0.2) is 36.9 Å². The first kappa shape index (κ1) is 9.98. The third-order valence-electron chi connectivity index (χ3n) is 2.29. The fraction of sp³-hybridized carbons (Fsp3) is 0. The van der Waals surface area contributed by atoms with Crippen molar-refractivity contribution in [2.24, 2.45) is 0 Å². The van der Waals surface area contributed by atoms with Crippen LogP contribution in [0.5, 0.6) is 0 Å². The molecule has 6 nitrogen and oxygen atoms in total. The first-order valence-electron chi connectivity index (χ1n) is 4.81. The molecule has 0 aliphatic rings. The number of aromatic nitrogens is 5. The first-order chi connectivity index (χ1) is 8.24. The Labute approximate surface area is 101 Å². The summed E-state index contributed by atoms with van der Waals surface area (Å²) < 4.78 is 1.60. The van der Waals surface area contributed by atoms with Gasteiger partial charge in [-0.2, -0.15) is 0 Å². The molecule has 0 unspecified atom stereocenters. The molecule has 2 aromatic heterocycles. The summed E-state index contributed by atoms with van der Waals surface area (Å²) in [4.78, 5) is 8.94. The van der Waals surface area contributed by atoms with E-state index in [9.17, 15) is 5.21 Å². The number of halogens is 1. The van der Waals surface area contributed by atoms with Gasteiger partial charge in [0.05, 0.1) is 5.10 Å². The van der Waals surface area contributed by atoms with Crippen LogP contribution in [0.1, 0.15) is 0 Å². The lowest BCUT2D eigenvalue weighted by Gasteiger charge is -1.98. The molecule has 2 heterocycles. The van der Waals surface area contributed by atoms with Gasteiger partial charge in [0.25, 0.3) is 0 Å². The molecule has 0 fully saturated rings. The van der Waals surface area contributed by atoms with Crippen molar-refractivity contribution in [3.05, 3.63) is 41.9 Å². The average molecular weight is 249 g/mol. The van der Waals surface area contributed by atoms with Gasteiger partial charge in [-0.25, -0.2) is 9.97 Å². The second-order valence-electron chi connectivity index (χ2n) is 3.40. The molecule has 0 aliphatic heterocycles. The Balaban J connectivity index is 2.28. The van der Waals surface area contributed by atoms with Crippen LogP contribution < -0.4 is 4.85 Å². The van der Waals surface area contributed by atoms with Crippen LogP contribution in [0.3, 0.4) is 0 Å². The standard InChI is InChI=1S/C10H7ClN5O/c11-7-1-2-8-9(5-7)16(17)14-10(13-8)15-4-3-12-6-15/h1-6H,(H,13,14,17)/q+1. The smallest absolute Gasteiger partial charge is 0.269 e.